The van der Waals surface area contributed by atoms with E-state index in [1.807, 2.05) is 0 Å². The quantitative estimate of drug-likeness (QED) is 0.821. The fourth-order valence-electron chi connectivity index (χ4n) is 1.99. The van der Waals surface area contributed by atoms with Crippen LogP contribution in [0, 0.1) is 12.7 Å². The summed E-state index contributed by atoms with van der Waals surface area (Å²) in [7, 11) is 1.19. The highest BCUT2D eigenvalue weighted by Gasteiger charge is 2.38. The van der Waals surface area contributed by atoms with E-state index in [0.717, 1.165) is 0 Å². The van der Waals surface area contributed by atoms with Crippen molar-refractivity contribution in [3.05, 3.63) is 35.1 Å². The Morgan fingerprint density at radius 2 is 2.06 bits per heavy atom. The molecule has 0 radical (unpaired) electrons. The van der Waals surface area contributed by atoms with Gasteiger partial charge in [-0.2, -0.15) is 0 Å². The summed E-state index contributed by atoms with van der Waals surface area (Å²) in [6.07, 6.45) is -1.40. The Bertz CT molecular complexity index is 406. The number of benzene rings is 1. The van der Waals surface area contributed by atoms with E-state index in [-0.39, 0.29) is 0 Å². The Morgan fingerprint density at radius 1 is 1.47 bits per heavy atom. The average molecular weight is 240 g/mol. The van der Waals surface area contributed by atoms with Crippen LogP contribution in [0.3, 0.4) is 0 Å². The van der Waals surface area contributed by atoms with Gasteiger partial charge in [0.2, 0.25) is 0 Å². The SMILES string of the molecule is COC(=O)C(O)C(C)(C)c1c(C)cccc1F. The van der Waals surface area contributed by atoms with Gasteiger partial charge in [-0.3, -0.25) is 0 Å². The largest absolute Gasteiger partial charge is 0.467 e. The van der Waals surface area contributed by atoms with E-state index < -0.39 is 23.3 Å². The maximum absolute atomic E-state index is 13.8. The van der Waals surface area contributed by atoms with Crippen molar-refractivity contribution in [2.24, 2.45) is 0 Å². The predicted molar refractivity (Wildman–Crippen MR) is 62.2 cm³/mol. The first-order chi connectivity index (χ1) is 7.82. The molecule has 0 aliphatic heterocycles. The van der Waals surface area contributed by atoms with Gasteiger partial charge >= 0.3 is 5.97 Å². The van der Waals surface area contributed by atoms with Crippen molar-refractivity contribution >= 4 is 5.97 Å². The van der Waals surface area contributed by atoms with Gasteiger partial charge in [0.1, 0.15) is 5.82 Å². The molecule has 0 amide bonds. The zero-order valence-electron chi connectivity index (χ0n) is 10.5. The molecular formula is C13H17FO3. The molecule has 0 fully saturated rings. The highest BCUT2D eigenvalue weighted by Crippen LogP contribution is 2.32. The molecule has 1 aromatic carbocycles. The molecule has 1 rings (SSSR count). The lowest BCUT2D eigenvalue weighted by molar-refractivity contribution is -0.153. The second-order valence-corrected chi connectivity index (χ2v) is 4.58. The molecule has 1 N–H and O–H groups in total. The second-order valence-electron chi connectivity index (χ2n) is 4.58. The number of aliphatic hydroxyl groups excluding tert-OH is 1. The van der Waals surface area contributed by atoms with Gasteiger partial charge in [-0.1, -0.05) is 26.0 Å². The molecule has 0 aromatic heterocycles. The minimum atomic E-state index is -1.40. The molecule has 0 heterocycles. The summed E-state index contributed by atoms with van der Waals surface area (Å²) in [4.78, 5) is 11.4. The predicted octanol–water partition coefficient (Wildman–Crippen LogP) is 1.95. The number of rotatable bonds is 3. The van der Waals surface area contributed by atoms with Crippen LogP contribution in [0.2, 0.25) is 0 Å². The Labute approximate surface area is 100 Å². The smallest absolute Gasteiger partial charge is 0.335 e. The number of carbonyl (C=O) groups excluding carboxylic acids is 1. The Hall–Kier alpha value is -1.42. The highest BCUT2D eigenvalue weighted by molar-refractivity contribution is 5.76. The maximum atomic E-state index is 13.8. The molecule has 1 unspecified atom stereocenters. The number of halogens is 1. The van der Waals surface area contributed by atoms with Crippen LogP contribution in [0.15, 0.2) is 18.2 Å². The lowest BCUT2D eigenvalue weighted by Crippen LogP contribution is -2.41. The molecule has 17 heavy (non-hydrogen) atoms. The van der Waals surface area contributed by atoms with Crippen LogP contribution in [0.4, 0.5) is 4.39 Å². The molecule has 1 aromatic rings. The average Bonchev–Trinajstić information content (AvgIpc) is 2.26. The fraction of sp³-hybridized carbons (Fsp3) is 0.462. The normalized spacial score (nSPS) is 13.3. The molecule has 0 bridgehead atoms. The zero-order valence-corrected chi connectivity index (χ0v) is 10.5. The fourth-order valence-corrected chi connectivity index (χ4v) is 1.99. The third kappa shape index (κ3) is 2.47. The molecular weight excluding hydrogens is 223 g/mol. The summed E-state index contributed by atoms with van der Waals surface area (Å²) in [5, 5.41) is 9.91. The van der Waals surface area contributed by atoms with Crippen molar-refractivity contribution in [3.8, 4) is 0 Å². The summed E-state index contributed by atoms with van der Waals surface area (Å²) in [6, 6.07) is 4.65. The number of hydrogen-bond donors (Lipinski definition) is 1. The van der Waals surface area contributed by atoms with Crippen molar-refractivity contribution in [2.45, 2.75) is 32.3 Å². The van der Waals surface area contributed by atoms with Crippen LogP contribution in [0.1, 0.15) is 25.0 Å². The summed E-state index contributed by atoms with van der Waals surface area (Å²) in [5.41, 5.74) is -0.0152. The van der Waals surface area contributed by atoms with Crippen molar-refractivity contribution < 1.29 is 19.0 Å². The van der Waals surface area contributed by atoms with Crippen LogP contribution < -0.4 is 0 Å². The number of aryl methyl sites for hydroxylation is 1. The van der Waals surface area contributed by atoms with Gasteiger partial charge in [0.05, 0.1) is 7.11 Å². The van der Waals surface area contributed by atoms with E-state index in [4.69, 9.17) is 0 Å². The van der Waals surface area contributed by atoms with E-state index in [0.29, 0.717) is 11.1 Å². The number of ether oxygens (including phenoxy) is 1. The first-order valence-electron chi connectivity index (χ1n) is 5.34. The summed E-state index contributed by atoms with van der Waals surface area (Å²) >= 11 is 0. The van der Waals surface area contributed by atoms with Crippen LogP contribution in [0.5, 0.6) is 0 Å². The summed E-state index contributed by atoms with van der Waals surface area (Å²) in [5.74, 6) is -1.20. The van der Waals surface area contributed by atoms with Gasteiger partial charge in [0.15, 0.2) is 6.10 Å². The standard InChI is InChI=1S/C13H17FO3/c1-8-6-5-7-9(14)10(8)13(2,3)11(15)12(16)17-4/h5-7,11,15H,1-4H3. The molecule has 4 heteroatoms. The minimum absolute atomic E-state index is 0.331. The number of carbonyl (C=O) groups is 1. The van der Waals surface area contributed by atoms with E-state index in [9.17, 15) is 14.3 Å². The number of methoxy groups -OCH3 is 1. The van der Waals surface area contributed by atoms with Gasteiger partial charge < -0.3 is 9.84 Å². The first-order valence-corrected chi connectivity index (χ1v) is 5.34. The lowest BCUT2D eigenvalue weighted by Gasteiger charge is -2.30. The third-order valence-electron chi connectivity index (χ3n) is 2.97. The third-order valence-corrected chi connectivity index (χ3v) is 2.97. The van der Waals surface area contributed by atoms with Crippen molar-refractivity contribution in [2.75, 3.05) is 7.11 Å². The number of aliphatic hydroxyl groups is 1. The lowest BCUT2D eigenvalue weighted by atomic mass is 9.77. The Morgan fingerprint density at radius 3 is 2.53 bits per heavy atom. The second kappa shape index (κ2) is 4.84. The van der Waals surface area contributed by atoms with Gasteiger partial charge in [0, 0.05) is 5.41 Å². The first kappa shape index (κ1) is 13.6. The van der Waals surface area contributed by atoms with Gasteiger partial charge in [-0.25, -0.2) is 9.18 Å². The van der Waals surface area contributed by atoms with Crippen LogP contribution >= 0.6 is 0 Å². The highest BCUT2D eigenvalue weighted by atomic mass is 19.1. The maximum Gasteiger partial charge on any atom is 0.335 e. The Kier molecular flexibility index (Phi) is 3.88. The topological polar surface area (TPSA) is 46.5 Å². The van der Waals surface area contributed by atoms with Crippen molar-refractivity contribution in [1.82, 2.24) is 0 Å². The van der Waals surface area contributed by atoms with Crippen molar-refractivity contribution in [3.63, 3.8) is 0 Å². The molecule has 94 valence electrons. The molecule has 0 saturated carbocycles. The molecule has 1 atom stereocenters. The van der Waals surface area contributed by atoms with Gasteiger partial charge in [0.25, 0.3) is 0 Å². The molecule has 0 spiro atoms. The number of hydrogen-bond acceptors (Lipinski definition) is 3. The molecule has 0 saturated heterocycles. The van der Waals surface area contributed by atoms with E-state index >= 15 is 0 Å². The summed E-state index contributed by atoms with van der Waals surface area (Å²) in [6.45, 7) is 4.96. The van der Waals surface area contributed by atoms with E-state index in [1.54, 1.807) is 32.9 Å². The van der Waals surface area contributed by atoms with Crippen LogP contribution in [-0.2, 0) is 14.9 Å². The van der Waals surface area contributed by atoms with E-state index in [2.05, 4.69) is 4.74 Å². The van der Waals surface area contributed by atoms with Gasteiger partial charge in [-0.05, 0) is 24.1 Å². The Balaban J connectivity index is 3.25. The van der Waals surface area contributed by atoms with Gasteiger partial charge in [-0.15, -0.1) is 0 Å². The van der Waals surface area contributed by atoms with Crippen LogP contribution in [-0.4, -0.2) is 24.3 Å². The zero-order chi connectivity index (χ0) is 13.2. The minimum Gasteiger partial charge on any atom is -0.467 e. The molecule has 0 aliphatic rings. The summed E-state index contributed by atoms with van der Waals surface area (Å²) < 4.78 is 18.3. The van der Waals surface area contributed by atoms with Crippen LogP contribution in [0.25, 0.3) is 0 Å². The van der Waals surface area contributed by atoms with Crippen molar-refractivity contribution in [1.29, 1.82) is 0 Å². The molecule has 0 aliphatic carbocycles. The molecule has 3 nitrogen and oxygen atoms in total. The number of esters is 1. The monoisotopic (exact) mass is 240 g/mol. The van der Waals surface area contributed by atoms with E-state index in [1.165, 1.54) is 13.2 Å².